The van der Waals surface area contributed by atoms with Crippen LogP contribution >= 0.6 is 11.3 Å². The first-order chi connectivity index (χ1) is 9.79. The maximum absolute atomic E-state index is 11.6. The molecule has 4 heteroatoms. The Morgan fingerprint density at radius 2 is 2.30 bits per heavy atom. The van der Waals surface area contributed by atoms with Gasteiger partial charge in [0, 0.05) is 37.2 Å². The Balaban J connectivity index is 1.37. The molecule has 3 atom stereocenters. The van der Waals surface area contributed by atoms with Gasteiger partial charge in [0.1, 0.15) is 0 Å². The molecule has 2 heterocycles. The Morgan fingerprint density at radius 1 is 1.35 bits per heavy atom. The van der Waals surface area contributed by atoms with Gasteiger partial charge < -0.3 is 4.90 Å². The molecule has 2 saturated carbocycles. The molecule has 1 amide bonds. The van der Waals surface area contributed by atoms with Crippen molar-refractivity contribution in [3.63, 3.8) is 0 Å². The van der Waals surface area contributed by atoms with Crippen LogP contribution in [0.1, 0.15) is 55.1 Å². The van der Waals surface area contributed by atoms with Crippen LogP contribution in [0, 0.1) is 11.8 Å². The molecule has 1 saturated heterocycles. The molecular formula is C16H22N2OS. The van der Waals surface area contributed by atoms with E-state index in [1.807, 2.05) is 4.90 Å². The Kier molecular flexibility index (Phi) is 3.29. The van der Waals surface area contributed by atoms with Crippen LogP contribution in [0.4, 0.5) is 0 Å². The summed E-state index contributed by atoms with van der Waals surface area (Å²) in [5, 5.41) is 3.51. The maximum Gasteiger partial charge on any atom is 0.222 e. The first-order valence-corrected chi connectivity index (χ1v) is 8.89. The van der Waals surface area contributed by atoms with Gasteiger partial charge in [-0.05, 0) is 37.5 Å². The van der Waals surface area contributed by atoms with Gasteiger partial charge in [0.05, 0.1) is 10.7 Å². The lowest BCUT2D eigenvalue weighted by Crippen LogP contribution is -2.26. The summed E-state index contributed by atoms with van der Waals surface area (Å²) in [5.74, 6) is 2.97. The summed E-state index contributed by atoms with van der Waals surface area (Å²) >= 11 is 1.80. The fourth-order valence-electron chi connectivity index (χ4n) is 4.39. The van der Waals surface area contributed by atoms with Gasteiger partial charge in [0.15, 0.2) is 0 Å². The number of hydrogen-bond acceptors (Lipinski definition) is 3. The summed E-state index contributed by atoms with van der Waals surface area (Å²) in [7, 11) is 0. The molecule has 2 bridgehead atoms. The first-order valence-electron chi connectivity index (χ1n) is 8.01. The average molecular weight is 290 g/mol. The molecule has 2 aliphatic carbocycles. The Labute approximate surface area is 124 Å². The van der Waals surface area contributed by atoms with E-state index >= 15 is 0 Å². The quantitative estimate of drug-likeness (QED) is 0.853. The number of nitrogens with zero attached hydrogens (tertiary/aromatic N) is 2. The van der Waals surface area contributed by atoms with E-state index in [1.165, 1.54) is 36.4 Å². The smallest absolute Gasteiger partial charge is 0.222 e. The van der Waals surface area contributed by atoms with E-state index in [1.54, 1.807) is 11.3 Å². The molecule has 0 aromatic carbocycles. The molecule has 108 valence electrons. The summed E-state index contributed by atoms with van der Waals surface area (Å²) < 4.78 is 0. The van der Waals surface area contributed by atoms with Crippen LogP contribution in [-0.2, 0) is 11.2 Å². The van der Waals surface area contributed by atoms with Crippen LogP contribution in [0.3, 0.4) is 0 Å². The van der Waals surface area contributed by atoms with E-state index in [4.69, 9.17) is 4.98 Å². The minimum Gasteiger partial charge on any atom is -0.342 e. The maximum atomic E-state index is 11.6. The number of hydrogen-bond donors (Lipinski definition) is 0. The highest BCUT2D eigenvalue weighted by molar-refractivity contribution is 7.09. The van der Waals surface area contributed by atoms with E-state index in [2.05, 4.69) is 5.38 Å². The molecule has 0 unspecified atom stereocenters. The number of carbonyl (C=O) groups excluding carboxylic acids is 1. The van der Waals surface area contributed by atoms with Crippen molar-refractivity contribution in [3.05, 3.63) is 16.1 Å². The van der Waals surface area contributed by atoms with Crippen molar-refractivity contribution in [2.45, 2.75) is 50.9 Å². The minimum absolute atomic E-state index is 0.329. The summed E-state index contributed by atoms with van der Waals surface area (Å²) in [4.78, 5) is 18.5. The molecule has 20 heavy (non-hydrogen) atoms. The summed E-state index contributed by atoms with van der Waals surface area (Å²) in [6, 6.07) is 0. The molecule has 0 radical (unpaired) electrons. The summed E-state index contributed by atoms with van der Waals surface area (Å²) in [5.41, 5.74) is 1.35. The molecule has 3 fully saturated rings. The van der Waals surface area contributed by atoms with Crippen molar-refractivity contribution >= 4 is 17.2 Å². The van der Waals surface area contributed by atoms with Gasteiger partial charge >= 0.3 is 0 Å². The van der Waals surface area contributed by atoms with Gasteiger partial charge in [-0.25, -0.2) is 4.98 Å². The summed E-state index contributed by atoms with van der Waals surface area (Å²) in [6.07, 6.45) is 8.41. The van der Waals surface area contributed by atoms with E-state index in [9.17, 15) is 4.79 Å². The minimum atomic E-state index is 0.329. The SMILES string of the molecule is O=C1CCCN1CCc1nc([C@@H]2C[C@H]3CC[C@H]2C3)cs1. The fraction of sp³-hybridized carbons (Fsp3) is 0.750. The lowest BCUT2D eigenvalue weighted by Gasteiger charge is -2.19. The topological polar surface area (TPSA) is 33.2 Å². The van der Waals surface area contributed by atoms with Crippen molar-refractivity contribution in [1.29, 1.82) is 0 Å². The highest BCUT2D eigenvalue weighted by atomic mass is 32.1. The second kappa shape index (κ2) is 5.14. The zero-order valence-electron chi connectivity index (χ0n) is 11.9. The average Bonchev–Trinajstić information content (AvgIpc) is 3.21. The zero-order valence-corrected chi connectivity index (χ0v) is 12.7. The Bertz CT molecular complexity index is 512. The van der Waals surface area contributed by atoms with Gasteiger partial charge in [-0.3, -0.25) is 4.79 Å². The predicted molar refractivity (Wildman–Crippen MR) is 79.8 cm³/mol. The molecule has 0 N–H and O–H groups in total. The number of fused-ring (bicyclic) bond motifs is 2. The van der Waals surface area contributed by atoms with Crippen molar-refractivity contribution in [3.8, 4) is 0 Å². The number of aromatic nitrogens is 1. The van der Waals surface area contributed by atoms with Crippen molar-refractivity contribution in [1.82, 2.24) is 9.88 Å². The molecule has 3 nitrogen and oxygen atoms in total. The van der Waals surface area contributed by atoms with Crippen LogP contribution in [-0.4, -0.2) is 28.9 Å². The number of thiazole rings is 1. The van der Waals surface area contributed by atoms with Crippen molar-refractivity contribution < 1.29 is 4.79 Å². The third-order valence-corrected chi connectivity index (χ3v) is 6.38. The van der Waals surface area contributed by atoms with E-state index in [0.717, 1.165) is 50.1 Å². The second-order valence-corrected chi connectivity index (χ2v) is 7.62. The molecule has 4 rings (SSSR count). The standard InChI is InChI=1S/C16H22N2OS/c19-16-2-1-6-18(16)7-5-15-17-14(10-20-15)13-9-11-3-4-12(13)8-11/h10-13H,1-9H2/t11-,12-,13+/m0/s1. The van der Waals surface area contributed by atoms with Crippen LogP contribution < -0.4 is 0 Å². The lowest BCUT2D eigenvalue weighted by atomic mass is 9.87. The zero-order chi connectivity index (χ0) is 13.5. The largest absolute Gasteiger partial charge is 0.342 e. The third-order valence-electron chi connectivity index (χ3n) is 5.45. The number of amides is 1. The molecule has 1 aliphatic heterocycles. The van der Waals surface area contributed by atoms with E-state index in [-0.39, 0.29) is 0 Å². The van der Waals surface area contributed by atoms with Crippen molar-refractivity contribution in [2.24, 2.45) is 11.8 Å². The Morgan fingerprint density at radius 3 is 3.00 bits per heavy atom. The summed E-state index contributed by atoms with van der Waals surface area (Å²) in [6.45, 7) is 1.81. The highest BCUT2D eigenvalue weighted by Gasteiger charge is 2.41. The van der Waals surface area contributed by atoms with Gasteiger partial charge in [0.2, 0.25) is 5.91 Å². The van der Waals surface area contributed by atoms with Crippen LogP contribution in [0.5, 0.6) is 0 Å². The van der Waals surface area contributed by atoms with E-state index in [0.29, 0.717) is 5.91 Å². The van der Waals surface area contributed by atoms with Crippen LogP contribution in [0.2, 0.25) is 0 Å². The normalized spacial score (nSPS) is 32.5. The first kappa shape index (κ1) is 12.8. The van der Waals surface area contributed by atoms with Gasteiger partial charge in [0.25, 0.3) is 0 Å². The van der Waals surface area contributed by atoms with Gasteiger partial charge in [-0.2, -0.15) is 0 Å². The highest BCUT2D eigenvalue weighted by Crippen LogP contribution is 2.52. The van der Waals surface area contributed by atoms with Crippen molar-refractivity contribution in [2.75, 3.05) is 13.1 Å². The molecule has 0 spiro atoms. The number of rotatable bonds is 4. The lowest BCUT2D eigenvalue weighted by molar-refractivity contribution is -0.127. The molecule has 1 aromatic heterocycles. The monoisotopic (exact) mass is 290 g/mol. The van der Waals surface area contributed by atoms with Crippen LogP contribution in [0.25, 0.3) is 0 Å². The Hall–Kier alpha value is -0.900. The fourth-order valence-corrected chi connectivity index (χ4v) is 5.24. The van der Waals surface area contributed by atoms with Gasteiger partial charge in [-0.1, -0.05) is 6.42 Å². The predicted octanol–water partition coefficient (Wildman–Crippen LogP) is 3.21. The van der Waals surface area contributed by atoms with Crippen LogP contribution in [0.15, 0.2) is 5.38 Å². The van der Waals surface area contributed by atoms with E-state index < -0.39 is 0 Å². The molecule has 3 aliphatic rings. The number of carbonyl (C=O) groups is 1. The van der Waals surface area contributed by atoms with Gasteiger partial charge in [-0.15, -0.1) is 11.3 Å². The molecular weight excluding hydrogens is 268 g/mol. The number of likely N-dealkylation sites (tertiary alicyclic amines) is 1. The molecule has 1 aromatic rings. The second-order valence-electron chi connectivity index (χ2n) is 6.68. The third kappa shape index (κ3) is 2.28.